The summed E-state index contributed by atoms with van der Waals surface area (Å²) >= 11 is 5.77. The molecule has 0 aliphatic carbocycles. The minimum Gasteiger partial charge on any atom is -0.462 e. The van der Waals surface area contributed by atoms with E-state index in [9.17, 15) is 14.4 Å². The van der Waals surface area contributed by atoms with Gasteiger partial charge >= 0.3 is 5.97 Å². The average molecular weight is 339 g/mol. The number of halogens is 1. The van der Waals surface area contributed by atoms with Crippen LogP contribution in [0.3, 0.4) is 0 Å². The second-order valence-corrected chi connectivity index (χ2v) is 5.39. The molecule has 1 rings (SSSR count). The predicted octanol–water partition coefficient (Wildman–Crippen LogP) is 2.39. The zero-order valence-corrected chi connectivity index (χ0v) is 13.4. The van der Waals surface area contributed by atoms with Gasteiger partial charge in [0.25, 0.3) is 0 Å². The third kappa shape index (κ3) is 6.76. The summed E-state index contributed by atoms with van der Waals surface area (Å²) in [6, 6.07) is 6.70. The molecule has 0 radical (unpaired) electrons. The highest BCUT2D eigenvalue weighted by atomic mass is 35.5. The lowest BCUT2D eigenvalue weighted by molar-refractivity contribution is -0.124. The molecular weight excluding hydrogens is 320 g/mol. The van der Waals surface area contributed by atoms with Crippen LogP contribution in [0.15, 0.2) is 30.8 Å². The summed E-state index contributed by atoms with van der Waals surface area (Å²) in [5.41, 5.74) is 1.27. The molecule has 0 aromatic heterocycles. The molecule has 1 aromatic rings. The molecule has 1 aromatic carbocycles. The molecule has 0 saturated carbocycles. The number of aliphatic hydroxyl groups is 1. The van der Waals surface area contributed by atoms with Crippen LogP contribution in [0.1, 0.15) is 35.2 Å². The summed E-state index contributed by atoms with van der Waals surface area (Å²) in [6.45, 7) is 3.26. The van der Waals surface area contributed by atoms with E-state index in [0.29, 0.717) is 5.56 Å². The number of hydrogen-bond donors (Lipinski definition) is 1. The van der Waals surface area contributed by atoms with Crippen LogP contribution in [-0.2, 0) is 14.3 Å². The van der Waals surface area contributed by atoms with Crippen molar-refractivity contribution in [3.8, 4) is 0 Å². The van der Waals surface area contributed by atoms with E-state index in [4.69, 9.17) is 21.4 Å². The maximum Gasteiger partial charge on any atom is 0.338 e. The number of aliphatic hydroxyl groups excluding tert-OH is 1. The average Bonchev–Trinajstić information content (AvgIpc) is 2.54. The van der Waals surface area contributed by atoms with Crippen molar-refractivity contribution in [1.29, 1.82) is 0 Å². The summed E-state index contributed by atoms with van der Waals surface area (Å²) in [7, 11) is 0. The van der Waals surface area contributed by atoms with Gasteiger partial charge in [0.2, 0.25) is 0 Å². The molecule has 0 aliphatic rings. The van der Waals surface area contributed by atoms with E-state index in [-0.39, 0.29) is 44.0 Å². The lowest BCUT2D eigenvalue weighted by Crippen LogP contribution is -2.20. The minimum atomic E-state index is -0.947. The molecule has 0 heterocycles. The number of benzene rings is 1. The van der Waals surface area contributed by atoms with Crippen molar-refractivity contribution < 1.29 is 24.2 Å². The number of rotatable bonds is 10. The van der Waals surface area contributed by atoms with Crippen molar-refractivity contribution in [2.75, 3.05) is 13.2 Å². The Kier molecular flexibility index (Phi) is 8.22. The van der Waals surface area contributed by atoms with Crippen molar-refractivity contribution >= 4 is 35.2 Å². The summed E-state index contributed by atoms with van der Waals surface area (Å²) in [5.74, 6) is -1.17. The lowest BCUT2D eigenvalue weighted by atomic mass is 10.1. The highest BCUT2D eigenvalue weighted by Crippen LogP contribution is 2.10. The number of esters is 1. The summed E-state index contributed by atoms with van der Waals surface area (Å²) in [6.07, 6.45) is 1.45. The number of ketones is 2. The smallest absolute Gasteiger partial charge is 0.338 e. The Morgan fingerprint density at radius 2 is 1.87 bits per heavy atom. The summed E-state index contributed by atoms with van der Waals surface area (Å²) in [5, 5.41) is 7.69. The quantitative estimate of drug-likeness (QED) is 0.523. The van der Waals surface area contributed by atoms with Gasteiger partial charge in [-0.15, -0.1) is 11.6 Å². The van der Waals surface area contributed by atoms with Crippen LogP contribution in [0.4, 0.5) is 0 Å². The van der Waals surface area contributed by atoms with Crippen molar-refractivity contribution in [2.24, 2.45) is 0 Å². The van der Waals surface area contributed by atoms with Gasteiger partial charge in [-0.05, 0) is 17.7 Å². The fraction of sp³-hybridized carbons (Fsp3) is 0.353. The van der Waals surface area contributed by atoms with Gasteiger partial charge in [-0.1, -0.05) is 24.8 Å². The molecular formula is C17H19ClO5. The van der Waals surface area contributed by atoms with Crippen LogP contribution in [0.25, 0.3) is 6.08 Å². The first kappa shape index (κ1) is 19.1. The van der Waals surface area contributed by atoms with Crippen molar-refractivity contribution in [3.63, 3.8) is 0 Å². The Bertz CT molecular complexity index is 565. The van der Waals surface area contributed by atoms with Gasteiger partial charge in [-0.2, -0.15) is 0 Å². The normalized spacial score (nSPS) is 11.6. The largest absolute Gasteiger partial charge is 0.462 e. The molecule has 0 bridgehead atoms. The molecule has 6 heteroatoms. The maximum atomic E-state index is 11.8. The number of alkyl halides is 1. The van der Waals surface area contributed by atoms with E-state index >= 15 is 0 Å². The molecule has 23 heavy (non-hydrogen) atoms. The fourth-order valence-corrected chi connectivity index (χ4v) is 2.06. The third-order valence-electron chi connectivity index (χ3n) is 3.11. The molecule has 0 amide bonds. The maximum absolute atomic E-state index is 11.8. The molecule has 0 spiro atoms. The Hall–Kier alpha value is -1.98. The van der Waals surface area contributed by atoms with Gasteiger partial charge in [0.15, 0.2) is 5.78 Å². The first-order valence-electron chi connectivity index (χ1n) is 7.17. The molecule has 0 saturated heterocycles. The van der Waals surface area contributed by atoms with Crippen LogP contribution in [-0.4, -0.2) is 41.2 Å². The monoisotopic (exact) mass is 338 g/mol. The molecule has 1 unspecified atom stereocenters. The van der Waals surface area contributed by atoms with E-state index in [1.54, 1.807) is 30.3 Å². The van der Waals surface area contributed by atoms with Crippen LogP contribution in [0, 0.1) is 0 Å². The van der Waals surface area contributed by atoms with Gasteiger partial charge in [-0.25, -0.2) is 4.79 Å². The molecule has 1 N–H and O–H groups in total. The van der Waals surface area contributed by atoms with Crippen LogP contribution < -0.4 is 0 Å². The van der Waals surface area contributed by atoms with Crippen molar-refractivity contribution in [2.45, 2.75) is 24.6 Å². The highest BCUT2D eigenvalue weighted by molar-refractivity contribution is 6.32. The number of hydrogen-bond acceptors (Lipinski definition) is 5. The van der Waals surface area contributed by atoms with Gasteiger partial charge < -0.3 is 9.84 Å². The van der Waals surface area contributed by atoms with Crippen LogP contribution in [0.5, 0.6) is 0 Å². The second kappa shape index (κ2) is 9.92. The highest BCUT2D eigenvalue weighted by Gasteiger charge is 2.18. The first-order valence-corrected chi connectivity index (χ1v) is 7.60. The molecule has 0 aliphatic heterocycles. The van der Waals surface area contributed by atoms with Crippen LogP contribution in [0.2, 0.25) is 0 Å². The summed E-state index contributed by atoms with van der Waals surface area (Å²) < 4.78 is 5.01. The van der Waals surface area contributed by atoms with Gasteiger partial charge in [-0.3, -0.25) is 9.59 Å². The van der Waals surface area contributed by atoms with E-state index in [2.05, 4.69) is 6.58 Å². The number of carbonyl (C=O) groups is 3. The number of Topliss-reactive ketones (excluding diaryl/α,β-unsaturated/α-hetero) is 2. The molecule has 0 fully saturated rings. The SMILES string of the molecule is C=Cc1ccc(C(=O)OCCC(=O)CC(Cl)C(=O)CCO)cc1. The summed E-state index contributed by atoms with van der Waals surface area (Å²) in [4.78, 5) is 34.8. The Labute approximate surface area is 139 Å². The van der Waals surface area contributed by atoms with Gasteiger partial charge in [0.05, 0.1) is 24.2 Å². The second-order valence-electron chi connectivity index (χ2n) is 4.86. The predicted molar refractivity (Wildman–Crippen MR) is 87.4 cm³/mol. The lowest BCUT2D eigenvalue weighted by Gasteiger charge is -2.08. The van der Waals surface area contributed by atoms with E-state index in [1.165, 1.54) is 0 Å². The zero-order valence-electron chi connectivity index (χ0n) is 12.7. The molecule has 1 atom stereocenters. The fourth-order valence-electron chi connectivity index (χ4n) is 1.78. The number of ether oxygens (including phenoxy) is 1. The first-order chi connectivity index (χ1) is 11.0. The molecule has 5 nitrogen and oxygen atoms in total. The Morgan fingerprint density at radius 1 is 1.22 bits per heavy atom. The third-order valence-corrected chi connectivity index (χ3v) is 3.51. The zero-order chi connectivity index (χ0) is 17.2. The van der Waals surface area contributed by atoms with E-state index in [0.717, 1.165) is 5.56 Å². The Balaban J connectivity index is 2.34. The van der Waals surface area contributed by atoms with Gasteiger partial charge in [0.1, 0.15) is 5.78 Å². The van der Waals surface area contributed by atoms with Crippen molar-refractivity contribution in [1.82, 2.24) is 0 Å². The Morgan fingerprint density at radius 3 is 2.43 bits per heavy atom. The van der Waals surface area contributed by atoms with Gasteiger partial charge in [0, 0.05) is 19.3 Å². The van der Waals surface area contributed by atoms with Crippen LogP contribution >= 0.6 is 11.6 Å². The minimum absolute atomic E-state index is 0.00783. The van der Waals surface area contributed by atoms with E-state index in [1.807, 2.05) is 0 Å². The van der Waals surface area contributed by atoms with Crippen molar-refractivity contribution in [3.05, 3.63) is 42.0 Å². The van der Waals surface area contributed by atoms with E-state index < -0.39 is 11.3 Å². The number of carbonyl (C=O) groups excluding carboxylic acids is 3. The topological polar surface area (TPSA) is 80.7 Å². The molecule has 124 valence electrons. The standard InChI is InChI=1S/C17H19ClO5/c1-2-12-3-5-13(6-4-12)17(22)23-10-8-14(20)11-15(18)16(21)7-9-19/h2-6,15,19H,1,7-11H2.